The van der Waals surface area contributed by atoms with Gasteiger partial charge < -0.3 is 19.5 Å². The maximum atomic E-state index is 13.3. The molecule has 2 aromatic carbocycles. The Morgan fingerprint density at radius 3 is 2.40 bits per heavy atom. The fraction of sp³-hybridized carbons (Fsp3) is 0.429. The second kappa shape index (κ2) is 11.1. The van der Waals surface area contributed by atoms with Crippen LogP contribution in [0.15, 0.2) is 54.1 Å². The molecule has 0 bridgehead atoms. The molecule has 0 aliphatic carbocycles. The van der Waals surface area contributed by atoms with Crippen LogP contribution in [-0.2, 0) is 14.3 Å². The minimum absolute atomic E-state index is 0.100. The topological polar surface area (TPSA) is 79.3 Å². The standard InChI is InChI=1S/C28H34N2O5/c1-19(2)20-9-11-21(12-10-20)25-24(26(31)22-7-4-5-8-23(22)34-3)27(32)28(33)30(25)14-6-13-29-15-17-35-18-16-29/h4-5,7-12,19,25,31H,6,13-18H2,1-3H3/b26-24+. The Labute approximate surface area is 206 Å². The van der Waals surface area contributed by atoms with E-state index in [4.69, 9.17) is 9.47 Å². The van der Waals surface area contributed by atoms with Crippen LogP contribution in [0.3, 0.4) is 0 Å². The highest BCUT2D eigenvalue weighted by Crippen LogP contribution is 2.41. The van der Waals surface area contributed by atoms with Gasteiger partial charge in [-0.05, 0) is 35.6 Å². The van der Waals surface area contributed by atoms with E-state index < -0.39 is 17.7 Å². The highest BCUT2D eigenvalue weighted by molar-refractivity contribution is 6.46. The summed E-state index contributed by atoms with van der Waals surface area (Å²) in [5.74, 6) is -0.663. The maximum absolute atomic E-state index is 13.3. The first-order valence-electron chi connectivity index (χ1n) is 12.2. The lowest BCUT2D eigenvalue weighted by atomic mass is 9.93. The molecule has 2 heterocycles. The molecule has 0 aromatic heterocycles. The number of carbonyl (C=O) groups excluding carboxylic acids is 2. The predicted octanol–water partition coefficient (Wildman–Crippen LogP) is 3.96. The van der Waals surface area contributed by atoms with E-state index in [9.17, 15) is 14.7 Å². The summed E-state index contributed by atoms with van der Waals surface area (Å²) >= 11 is 0. The number of aliphatic hydroxyl groups excluding tert-OH is 1. The van der Waals surface area contributed by atoms with Gasteiger partial charge in [-0.25, -0.2) is 0 Å². The Morgan fingerprint density at radius 2 is 1.74 bits per heavy atom. The van der Waals surface area contributed by atoms with Crippen molar-refractivity contribution in [2.75, 3.05) is 46.5 Å². The smallest absolute Gasteiger partial charge is 0.295 e. The van der Waals surface area contributed by atoms with E-state index in [1.807, 2.05) is 24.3 Å². The van der Waals surface area contributed by atoms with Gasteiger partial charge in [-0.15, -0.1) is 0 Å². The first-order valence-corrected chi connectivity index (χ1v) is 12.2. The molecule has 1 atom stereocenters. The molecule has 1 amide bonds. The fourth-order valence-corrected chi connectivity index (χ4v) is 4.80. The number of likely N-dealkylation sites (tertiary alicyclic amines) is 1. The summed E-state index contributed by atoms with van der Waals surface area (Å²) in [4.78, 5) is 30.4. The summed E-state index contributed by atoms with van der Waals surface area (Å²) < 4.78 is 10.8. The number of ether oxygens (including phenoxy) is 2. The van der Waals surface area contributed by atoms with E-state index in [2.05, 4.69) is 18.7 Å². The predicted molar refractivity (Wildman–Crippen MR) is 134 cm³/mol. The molecule has 4 rings (SSSR count). The number of benzene rings is 2. The lowest BCUT2D eigenvalue weighted by Crippen LogP contribution is -2.38. The van der Waals surface area contributed by atoms with E-state index in [0.717, 1.165) is 31.6 Å². The molecule has 0 radical (unpaired) electrons. The van der Waals surface area contributed by atoms with Gasteiger partial charge in [-0.3, -0.25) is 14.5 Å². The molecule has 7 heteroatoms. The average molecular weight is 479 g/mol. The Kier molecular flexibility index (Phi) is 7.88. The third-order valence-corrected chi connectivity index (χ3v) is 6.80. The van der Waals surface area contributed by atoms with Crippen LogP contribution >= 0.6 is 0 Å². The number of hydrogen-bond acceptors (Lipinski definition) is 6. The highest BCUT2D eigenvalue weighted by Gasteiger charge is 2.46. The second-order valence-corrected chi connectivity index (χ2v) is 9.32. The molecular weight excluding hydrogens is 444 g/mol. The number of hydrogen-bond donors (Lipinski definition) is 1. The molecule has 2 saturated heterocycles. The number of rotatable bonds is 8. The Bertz CT molecular complexity index is 1090. The lowest BCUT2D eigenvalue weighted by Gasteiger charge is -2.29. The first-order chi connectivity index (χ1) is 16.9. The summed E-state index contributed by atoms with van der Waals surface area (Å²) in [6.07, 6.45) is 0.725. The van der Waals surface area contributed by atoms with Crippen molar-refractivity contribution in [3.05, 3.63) is 70.8 Å². The molecule has 2 aliphatic heterocycles. The van der Waals surface area contributed by atoms with Crippen LogP contribution in [0.2, 0.25) is 0 Å². The number of para-hydroxylation sites is 1. The molecule has 7 nitrogen and oxygen atoms in total. The van der Waals surface area contributed by atoms with Gasteiger partial charge in [-0.1, -0.05) is 50.2 Å². The molecular formula is C28H34N2O5. The van der Waals surface area contributed by atoms with Crippen molar-refractivity contribution in [1.82, 2.24) is 9.80 Å². The Hall–Kier alpha value is -3.16. The monoisotopic (exact) mass is 478 g/mol. The van der Waals surface area contributed by atoms with Crippen molar-refractivity contribution in [3.8, 4) is 5.75 Å². The third-order valence-electron chi connectivity index (χ3n) is 6.80. The zero-order chi connectivity index (χ0) is 24.9. The van der Waals surface area contributed by atoms with Crippen LogP contribution in [0.1, 0.15) is 48.9 Å². The zero-order valence-corrected chi connectivity index (χ0v) is 20.7. The van der Waals surface area contributed by atoms with E-state index in [1.54, 1.807) is 29.2 Å². The fourth-order valence-electron chi connectivity index (χ4n) is 4.80. The third kappa shape index (κ3) is 5.26. The number of Topliss-reactive ketones (excluding diaryl/α,β-unsaturated/α-hetero) is 1. The van der Waals surface area contributed by atoms with Crippen molar-refractivity contribution in [3.63, 3.8) is 0 Å². The van der Waals surface area contributed by atoms with Crippen LogP contribution in [0.5, 0.6) is 5.75 Å². The van der Waals surface area contributed by atoms with Crippen LogP contribution in [-0.4, -0.2) is 73.1 Å². The number of amides is 1. The number of aliphatic hydroxyl groups is 1. The SMILES string of the molecule is COc1ccccc1/C(O)=C1\C(=O)C(=O)N(CCCN2CCOCC2)C1c1ccc(C(C)C)cc1. The van der Waals surface area contributed by atoms with Crippen molar-refractivity contribution >= 4 is 17.4 Å². The van der Waals surface area contributed by atoms with Gasteiger partial charge in [0.15, 0.2) is 0 Å². The molecule has 2 fully saturated rings. The van der Waals surface area contributed by atoms with Crippen molar-refractivity contribution in [2.45, 2.75) is 32.2 Å². The van der Waals surface area contributed by atoms with Gasteiger partial charge >= 0.3 is 0 Å². The summed E-state index contributed by atoms with van der Waals surface area (Å²) in [6, 6.07) is 14.3. The molecule has 186 valence electrons. The van der Waals surface area contributed by atoms with Crippen LogP contribution in [0, 0.1) is 0 Å². The molecule has 35 heavy (non-hydrogen) atoms. The van der Waals surface area contributed by atoms with E-state index in [1.165, 1.54) is 12.7 Å². The number of nitrogens with zero attached hydrogens (tertiary/aromatic N) is 2. The van der Waals surface area contributed by atoms with Gasteiger partial charge in [0, 0.05) is 26.2 Å². The van der Waals surface area contributed by atoms with Crippen molar-refractivity contribution in [2.24, 2.45) is 0 Å². The van der Waals surface area contributed by atoms with Crippen LogP contribution in [0.25, 0.3) is 5.76 Å². The molecule has 0 saturated carbocycles. The number of morpholine rings is 1. The highest BCUT2D eigenvalue weighted by atomic mass is 16.5. The number of methoxy groups -OCH3 is 1. The molecule has 1 unspecified atom stereocenters. The van der Waals surface area contributed by atoms with E-state index in [-0.39, 0.29) is 11.3 Å². The minimum Gasteiger partial charge on any atom is -0.507 e. The zero-order valence-electron chi connectivity index (χ0n) is 20.7. The lowest BCUT2D eigenvalue weighted by molar-refractivity contribution is -0.140. The Morgan fingerprint density at radius 1 is 1.06 bits per heavy atom. The largest absolute Gasteiger partial charge is 0.507 e. The van der Waals surface area contributed by atoms with Crippen molar-refractivity contribution < 1.29 is 24.2 Å². The Balaban J connectivity index is 1.71. The summed E-state index contributed by atoms with van der Waals surface area (Å²) in [6.45, 7) is 8.64. The van der Waals surface area contributed by atoms with Crippen LogP contribution < -0.4 is 4.74 Å². The summed E-state index contributed by atoms with van der Waals surface area (Å²) in [5, 5.41) is 11.3. The van der Waals surface area contributed by atoms with Crippen LogP contribution in [0.4, 0.5) is 0 Å². The first kappa shape index (κ1) is 24.9. The minimum atomic E-state index is -0.669. The second-order valence-electron chi connectivity index (χ2n) is 9.32. The molecule has 2 aliphatic rings. The number of ketones is 1. The number of carbonyl (C=O) groups is 2. The van der Waals surface area contributed by atoms with Gasteiger partial charge in [0.2, 0.25) is 0 Å². The van der Waals surface area contributed by atoms with Gasteiger partial charge in [0.1, 0.15) is 11.5 Å². The van der Waals surface area contributed by atoms with Crippen molar-refractivity contribution in [1.29, 1.82) is 0 Å². The summed E-state index contributed by atoms with van der Waals surface area (Å²) in [5.41, 5.74) is 2.47. The molecule has 2 aromatic rings. The van der Waals surface area contributed by atoms with E-state index >= 15 is 0 Å². The van der Waals surface area contributed by atoms with Gasteiger partial charge in [-0.2, -0.15) is 0 Å². The van der Waals surface area contributed by atoms with Gasteiger partial charge in [0.25, 0.3) is 11.7 Å². The molecule has 0 spiro atoms. The summed E-state index contributed by atoms with van der Waals surface area (Å²) in [7, 11) is 1.51. The van der Waals surface area contributed by atoms with E-state index in [0.29, 0.717) is 37.0 Å². The maximum Gasteiger partial charge on any atom is 0.295 e. The van der Waals surface area contributed by atoms with Gasteiger partial charge in [0.05, 0.1) is 37.5 Å². The normalized spacial score (nSPS) is 20.6. The molecule has 1 N–H and O–H groups in total. The quantitative estimate of drug-likeness (QED) is 0.352. The average Bonchev–Trinajstić information content (AvgIpc) is 3.14.